The molecule has 0 aliphatic heterocycles. The Morgan fingerprint density at radius 2 is 1.69 bits per heavy atom. The molecule has 3 aromatic carbocycles. The van der Waals surface area contributed by atoms with Gasteiger partial charge in [-0.2, -0.15) is 0 Å². The molecule has 0 saturated heterocycles. The zero-order valence-electron chi connectivity index (χ0n) is 15.6. The number of benzene rings is 3. The van der Waals surface area contributed by atoms with Gasteiger partial charge in [-0.3, -0.25) is 4.79 Å². The molecule has 0 unspecified atom stereocenters. The van der Waals surface area contributed by atoms with E-state index in [0.717, 1.165) is 5.56 Å². The fourth-order valence-electron chi connectivity index (χ4n) is 2.82. The van der Waals surface area contributed by atoms with Gasteiger partial charge in [-0.05, 0) is 42.0 Å². The van der Waals surface area contributed by atoms with Crippen LogP contribution in [0.15, 0.2) is 82.2 Å². The Kier molecular flexibility index (Phi) is 5.40. The van der Waals surface area contributed by atoms with Crippen LogP contribution in [-0.2, 0) is 6.61 Å². The van der Waals surface area contributed by atoms with E-state index in [2.05, 4.69) is 0 Å². The predicted octanol–water partition coefficient (Wildman–Crippen LogP) is 5.83. The Morgan fingerprint density at radius 1 is 0.931 bits per heavy atom. The summed E-state index contributed by atoms with van der Waals surface area (Å²) >= 11 is 5.89. The molecule has 0 saturated carbocycles. The number of methoxy groups -OCH3 is 1. The highest BCUT2D eigenvalue weighted by Gasteiger charge is 2.12. The van der Waals surface area contributed by atoms with Crippen molar-refractivity contribution in [2.75, 3.05) is 7.11 Å². The fraction of sp³-hybridized carbons (Fsp3) is 0.0870. The van der Waals surface area contributed by atoms with Gasteiger partial charge in [0.25, 0.3) is 0 Å². The van der Waals surface area contributed by atoms with E-state index in [0.29, 0.717) is 39.8 Å². The first kappa shape index (κ1) is 18.9. The Balaban J connectivity index is 1.56. The number of fused-ring (bicyclic) bond motifs is 1. The third-order valence-corrected chi connectivity index (χ3v) is 4.57. The maximum atomic E-state index is 12.8. The number of para-hydroxylation sites is 2. The fourth-order valence-corrected chi connectivity index (χ4v) is 2.95. The van der Waals surface area contributed by atoms with Crippen LogP contribution in [0.2, 0.25) is 5.02 Å². The zero-order chi connectivity index (χ0) is 20.2. The van der Waals surface area contributed by atoms with Crippen LogP contribution in [0.3, 0.4) is 0 Å². The molecule has 0 fully saturated rings. The zero-order valence-corrected chi connectivity index (χ0v) is 16.3. The lowest BCUT2D eigenvalue weighted by Gasteiger charge is -2.10. The van der Waals surface area contributed by atoms with Gasteiger partial charge in [0.15, 0.2) is 11.5 Å². The molecule has 0 spiro atoms. The molecule has 0 aliphatic carbocycles. The van der Waals surface area contributed by atoms with Crippen molar-refractivity contribution in [1.82, 2.24) is 0 Å². The minimum Gasteiger partial charge on any atom is -0.493 e. The van der Waals surface area contributed by atoms with Gasteiger partial charge in [-0.15, -0.1) is 0 Å². The third kappa shape index (κ3) is 4.20. The summed E-state index contributed by atoms with van der Waals surface area (Å²) in [5.41, 5.74) is 1.12. The van der Waals surface area contributed by atoms with E-state index in [-0.39, 0.29) is 11.2 Å². The van der Waals surface area contributed by atoms with E-state index < -0.39 is 0 Å². The number of rotatable bonds is 6. The smallest absolute Gasteiger partial charge is 0.235 e. The summed E-state index contributed by atoms with van der Waals surface area (Å²) in [4.78, 5) is 12.8. The molecule has 6 heteroatoms. The van der Waals surface area contributed by atoms with Crippen LogP contribution in [-0.4, -0.2) is 7.11 Å². The van der Waals surface area contributed by atoms with E-state index in [1.165, 1.54) is 13.4 Å². The first-order valence-electron chi connectivity index (χ1n) is 8.88. The van der Waals surface area contributed by atoms with Crippen molar-refractivity contribution in [3.63, 3.8) is 0 Å². The van der Waals surface area contributed by atoms with Crippen LogP contribution in [0, 0.1) is 0 Å². The van der Waals surface area contributed by atoms with Gasteiger partial charge in [-0.1, -0.05) is 35.9 Å². The average Bonchev–Trinajstić information content (AvgIpc) is 2.75. The minimum absolute atomic E-state index is 0.0804. The molecule has 5 nitrogen and oxygen atoms in total. The standard InChI is InChI=1S/C23H17ClO5/c1-26-19-4-2-3-5-20(19)29-22-14-28-21-12-17(10-11-18(21)23(22)25)27-13-15-6-8-16(24)9-7-15/h2-12,14H,13H2,1H3. The molecule has 4 rings (SSSR count). The second-order valence-electron chi connectivity index (χ2n) is 6.26. The van der Waals surface area contributed by atoms with E-state index in [9.17, 15) is 4.79 Å². The number of hydrogen-bond acceptors (Lipinski definition) is 5. The van der Waals surface area contributed by atoms with Gasteiger partial charge >= 0.3 is 0 Å². The molecule has 4 aromatic rings. The van der Waals surface area contributed by atoms with Crippen LogP contribution in [0.4, 0.5) is 0 Å². The van der Waals surface area contributed by atoms with E-state index in [4.69, 9.17) is 30.2 Å². The molecule has 0 amide bonds. The van der Waals surface area contributed by atoms with Crippen LogP contribution in [0.5, 0.6) is 23.0 Å². The van der Waals surface area contributed by atoms with Crippen molar-refractivity contribution in [2.45, 2.75) is 6.61 Å². The second kappa shape index (κ2) is 8.29. The van der Waals surface area contributed by atoms with Crippen molar-refractivity contribution in [1.29, 1.82) is 0 Å². The quantitative estimate of drug-likeness (QED) is 0.402. The van der Waals surface area contributed by atoms with Gasteiger partial charge in [0, 0.05) is 11.1 Å². The lowest BCUT2D eigenvalue weighted by atomic mass is 10.2. The molecule has 0 aliphatic rings. The minimum atomic E-state index is -0.276. The monoisotopic (exact) mass is 408 g/mol. The maximum absolute atomic E-state index is 12.8. The van der Waals surface area contributed by atoms with Gasteiger partial charge < -0.3 is 18.6 Å². The summed E-state index contributed by atoms with van der Waals surface area (Å²) in [6.45, 7) is 0.377. The number of ether oxygens (including phenoxy) is 3. The van der Waals surface area contributed by atoms with Crippen molar-refractivity contribution in [3.05, 3.63) is 93.8 Å². The second-order valence-corrected chi connectivity index (χ2v) is 6.69. The van der Waals surface area contributed by atoms with Crippen LogP contribution >= 0.6 is 11.6 Å². The van der Waals surface area contributed by atoms with Crippen LogP contribution in [0.25, 0.3) is 11.0 Å². The Hall–Kier alpha value is -3.44. The lowest BCUT2D eigenvalue weighted by molar-refractivity contribution is 0.306. The third-order valence-electron chi connectivity index (χ3n) is 4.32. The summed E-state index contributed by atoms with van der Waals surface area (Å²) in [7, 11) is 1.54. The molecule has 0 radical (unpaired) electrons. The first-order chi connectivity index (χ1) is 14.1. The summed E-state index contributed by atoms with van der Waals surface area (Å²) < 4.78 is 22.4. The molecule has 146 valence electrons. The Morgan fingerprint density at radius 3 is 2.45 bits per heavy atom. The first-order valence-corrected chi connectivity index (χ1v) is 9.25. The van der Waals surface area contributed by atoms with E-state index in [1.807, 2.05) is 30.3 Å². The molecular weight excluding hydrogens is 392 g/mol. The van der Waals surface area contributed by atoms with Crippen LogP contribution in [0.1, 0.15) is 5.56 Å². The highest BCUT2D eigenvalue weighted by Crippen LogP contribution is 2.30. The normalized spacial score (nSPS) is 10.7. The van der Waals surface area contributed by atoms with Crippen molar-refractivity contribution in [3.8, 4) is 23.0 Å². The molecule has 1 heterocycles. The largest absolute Gasteiger partial charge is 0.493 e. The molecule has 0 N–H and O–H groups in total. The molecular formula is C23H17ClO5. The number of halogens is 1. The molecule has 1 aromatic heterocycles. The highest BCUT2D eigenvalue weighted by molar-refractivity contribution is 6.30. The van der Waals surface area contributed by atoms with Gasteiger partial charge in [0.1, 0.15) is 24.2 Å². The van der Waals surface area contributed by atoms with Gasteiger partial charge in [-0.25, -0.2) is 0 Å². The van der Waals surface area contributed by atoms with E-state index >= 15 is 0 Å². The number of hydrogen-bond donors (Lipinski definition) is 0. The molecule has 29 heavy (non-hydrogen) atoms. The highest BCUT2D eigenvalue weighted by atomic mass is 35.5. The topological polar surface area (TPSA) is 57.9 Å². The Labute approximate surface area is 172 Å². The summed E-state index contributed by atoms with van der Waals surface area (Å²) in [5, 5.41) is 1.07. The Bertz CT molecular complexity index is 1200. The summed E-state index contributed by atoms with van der Waals surface area (Å²) in [6.07, 6.45) is 1.29. The van der Waals surface area contributed by atoms with Crippen molar-refractivity contribution < 1.29 is 18.6 Å². The average molecular weight is 409 g/mol. The predicted molar refractivity (Wildman–Crippen MR) is 111 cm³/mol. The van der Waals surface area contributed by atoms with Crippen molar-refractivity contribution >= 4 is 22.6 Å². The van der Waals surface area contributed by atoms with Gasteiger partial charge in [0.2, 0.25) is 11.2 Å². The lowest BCUT2D eigenvalue weighted by Crippen LogP contribution is -2.05. The maximum Gasteiger partial charge on any atom is 0.235 e. The van der Waals surface area contributed by atoms with Crippen LogP contribution < -0.4 is 19.6 Å². The van der Waals surface area contributed by atoms with Gasteiger partial charge in [0.05, 0.1) is 12.5 Å². The summed E-state index contributed by atoms with van der Waals surface area (Å²) in [5.74, 6) is 1.63. The van der Waals surface area contributed by atoms with Crippen molar-refractivity contribution in [2.24, 2.45) is 0 Å². The summed E-state index contributed by atoms with van der Waals surface area (Å²) in [6, 6.07) is 19.6. The SMILES string of the molecule is COc1ccccc1Oc1coc2cc(OCc3ccc(Cl)cc3)ccc2c1=O. The van der Waals surface area contributed by atoms with E-state index in [1.54, 1.807) is 36.4 Å². The molecule has 0 bridgehead atoms. The molecule has 0 atom stereocenters.